The van der Waals surface area contributed by atoms with E-state index >= 15 is 0 Å². The van der Waals surface area contributed by atoms with Gasteiger partial charge in [0.1, 0.15) is 17.7 Å². The molecule has 1 aromatic carbocycles. The Bertz CT molecular complexity index is 1040. The zero-order chi connectivity index (χ0) is 19.7. The number of anilines is 1. The van der Waals surface area contributed by atoms with Crippen LogP contribution in [0, 0.1) is 56.2 Å². The summed E-state index contributed by atoms with van der Waals surface area (Å²) in [5.74, 6) is 0. The summed E-state index contributed by atoms with van der Waals surface area (Å²) < 4.78 is 0. The number of benzene rings is 1. The predicted octanol–water partition coefficient (Wildman–Crippen LogP) is 3.64. The van der Waals surface area contributed by atoms with Crippen molar-refractivity contribution in [1.82, 2.24) is 0 Å². The van der Waals surface area contributed by atoms with E-state index < -0.39 is 10.8 Å². The summed E-state index contributed by atoms with van der Waals surface area (Å²) in [6, 6.07) is 15.9. The van der Waals surface area contributed by atoms with Crippen molar-refractivity contribution in [1.29, 1.82) is 21.0 Å². The van der Waals surface area contributed by atoms with E-state index in [1.807, 2.05) is 55.4 Å². The second-order valence-electron chi connectivity index (χ2n) is 6.62. The maximum absolute atomic E-state index is 9.69. The van der Waals surface area contributed by atoms with Crippen LogP contribution in [0.15, 0.2) is 65.8 Å². The van der Waals surface area contributed by atoms with Crippen LogP contribution in [0.3, 0.4) is 0 Å². The number of nitriles is 4. The fraction of sp³-hybridized carbons (Fsp3) is 0.182. The fourth-order valence-corrected chi connectivity index (χ4v) is 3.44. The van der Waals surface area contributed by atoms with Gasteiger partial charge in [-0.25, -0.2) is 0 Å². The minimum absolute atomic E-state index is 0.00273. The molecule has 5 heteroatoms. The Kier molecular flexibility index (Phi) is 4.17. The highest BCUT2D eigenvalue weighted by Gasteiger charge is 2.59. The van der Waals surface area contributed by atoms with Gasteiger partial charge in [-0.05, 0) is 29.3 Å². The molecule has 0 heterocycles. The van der Waals surface area contributed by atoms with Crippen molar-refractivity contribution in [2.45, 2.75) is 0 Å². The lowest BCUT2D eigenvalue weighted by Gasteiger charge is -2.48. The highest BCUT2D eigenvalue weighted by molar-refractivity contribution is 5.87. The maximum atomic E-state index is 9.69. The number of nitrogens with zero attached hydrogens (tertiary/aromatic N) is 5. The van der Waals surface area contributed by atoms with Crippen LogP contribution in [-0.4, -0.2) is 14.1 Å². The molecule has 0 saturated heterocycles. The van der Waals surface area contributed by atoms with Gasteiger partial charge in [0.2, 0.25) is 0 Å². The monoisotopic (exact) mass is 349 g/mol. The minimum Gasteiger partial charge on any atom is -0.378 e. The number of hydrogen-bond donors (Lipinski definition) is 0. The second-order valence-corrected chi connectivity index (χ2v) is 6.62. The average molecular weight is 349 g/mol. The lowest BCUT2D eigenvalue weighted by atomic mass is 9.49. The van der Waals surface area contributed by atoms with E-state index in [0.29, 0.717) is 5.57 Å². The molecule has 0 aliphatic heterocycles. The Morgan fingerprint density at radius 1 is 0.889 bits per heavy atom. The van der Waals surface area contributed by atoms with Gasteiger partial charge < -0.3 is 4.90 Å². The maximum Gasteiger partial charge on any atom is 0.178 e. The highest BCUT2D eigenvalue weighted by Crippen LogP contribution is 2.62. The standard InChI is InChI=1S/C22H15N5/c1-27(2)19-5-3-17(4-6-19)20-11-21(14-25,15-26)22(20)9-7-16(8-10-22)18(12-23)13-24/h3-11H,1-2H3. The third kappa shape index (κ3) is 2.43. The number of rotatable bonds is 2. The molecule has 0 bridgehead atoms. The zero-order valence-electron chi connectivity index (χ0n) is 14.9. The molecule has 0 unspecified atom stereocenters. The largest absolute Gasteiger partial charge is 0.378 e. The molecule has 3 rings (SSSR count). The van der Waals surface area contributed by atoms with Crippen LogP contribution in [0.25, 0.3) is 5.57 Å². The van der Waals surface area contributed by atoms with Gasteiger partial charge in [0, 0.05) is 25.4 Å². The van der Waals surface area contributed by atoms with E-state index in [9.17, 15) is 10.5 Å². The lowest BCUT2D eigenvalue weighted by molar-refractivity contribution is 0.398. The zero-order valence-corrected chi connectivity index (χ0v) is 14.9. The molecule has 0 N–H and O–H groups in total. The Morgan fingerprint density at radius 2 is 1.44 bits per heavy atom. The van der Waals surface area contributed by atoms with Crippen LogP contribution in [0.4, 0.5) is 5.69 Å². The first-order valence-electron chi connectivity index (χ1n) is 8.23. The first-order valence-corrected chi connectivity index (χ1v) is 8.23. The van der Waals surface area contributed by atoms with Crippen molar-refractivity contribution in [3.63, 3.8) is 0 Å². The predicted molar refractivity (Wildman–Crippen MR) is 101 cm³/mol. The van der Waals surface area contributed by atoms with Gasteiger partial charge in [-0.1, -0.05) is 36.4 Å². The Balaban J connectivity index is 2.11. The molecule has 0 radical (unpaired) electrons. The third-order valence-electron chi connectivity index (χ3n) is 5.07. The van der Waals surface area contributed by atoms with E-state index in [0.717, 1.165) is 16.8 Å². The van der Waals surface area contributed by atoms with Gasteiger partial charge in [0.15, 0.2) is 5.41 Å². The molecular formula is C22H15N5. The molecule has 0 atom stereocenters. The minimum atomic E-state index is -1.32. The van der Waals surface area contributed by atoms with Crippen molar-refractivity contribution in [3.05, 3.63) is 71.4 Å². The fourth-order valence-electron chi connectivity index (χ4n) is 3.44. The molecule has 0 fully saturated rings. The average Bonchev–Trinajstić information content (AvgIpc) is 2.70. The van der Waals surface area contributed by atoms with Gasteiger partial charge in [-0.2, -0.15) is 21.0 Å². The van der Waals surface area contributed by atoms with E-state index in [1.165, 1.54) is 0 Å². The first-order chi connectivity index (χ1) is 13.0. The van der Waals surface area contributed by atoms with Gasteiger partial charge in [-0.3, -0.25) is 0 Å². The molecule has 0 saturated carbocycles. The van der Waals surface area contributed by atoms with Gasteiger partial charge in [0.25, 0.3) is 0 Å². The molecule has 2 aliphatic carbocycles. The van der Waals surface area contributed by atoms with E-state index in [1.54, 1.807) is 30.4 Å². The Hall–Kier alpha value is -4.06. The van der Waals surface area contributed by atoms with Gasteiger partial charge in [0.05, 0.1) is 17.6 Å². The summed E-state index contributed by atoms with van der Waals surface area (Å²) in [6.45, 7) is 0. The van der Waals surface area contributed by atoms with Crippen LogP contribution >= 0.6 is 0 Å². The summed E-state index contributed by atoms with van der Waals surface area (Å²) in [4.78, 5) is 1.99. The highest BCUT2D eigenvalue weighted by atomic mass is 15.1. The molecule has 0 amide bonds. The summed E-state index contributed by atoms with van der Waals surface area (Å²) >= 11 is 0. The molecule has 27 heavy (non-hydrogen) atoms. The van der Waals surface area contributed by atoms with E-state index in [-0.39, 0.29) is 5.57 Å². The summed E-state index contributed by atoms with van der Waals surface area (Å²) in [5, 5.41) is 37.5. The molecule has 1 spiro atoms. The molecule has 5 nitrogen and oxygen atoms in total. The van der Waals surface area contributed by atoms with Gasteiger partial charge >= 0.3 is 0 Å². The van der Waals surface area contributed by atoms with Crippen molar-refractivity contribution in [2.75, 3.05) is 19.0 Å². The van der Waals surface area contributed by atoms with Crippen LogP contribution in [0.5, 0.6) is 0 Å². The lowest BCUT2D eigenvalue weighted by Crippen LogP contribution is -2.45. The molecule has 0 aromatic heterocycles. The number of allylic oxidation sites excluding steroid dienone is 8. The van der Waals surface area contributed by atoms with E-state index in [4.69, 9.17) is 10.5 Å². The third-order valence-corrected chi connectivity index (χ3v) is 5.07. The normalized spacial score (nSPS) is 21.1. The quantitative estimate of drug-likeness (QED) is 0.759. The summed E-state index contributed by atoms with van der Waals surface area (Å²) in [7, 11) is 3.91. The molecular weight excluding hydrogens is 334 g/mol. The summed E-state index contributed by atoms with van der Waals surface area (Å²) in [6.07, 6.45) is 8.48. The second kappa shape index (κ2) is 6.34. The van der Waals surface area contributed by atoms with Crippen molar-refractivity contribution >= 4 is 11.3 Å². The Labute approximate surface area is 158 Å². The number of hydrogen-bond acceptors (Lipinski definition) is 5. The van der Waals surface area contributed by atoms with Crippen molar-refractivity contribution in [3.8, 4) is 24.3 Å². The van der Waals surface area contributed by atoms with Crippen molar-refractivity contribution in [2.24, 2.45) is 10.8 Å². The van der Waals surface area contributed by atoms with Crippen molar-refractivity contribution < 1.29 is 0 Å². The molecule has 1 aromatic rings. The SMILES string of the molecule is CN(C)c1ccc(C2=CC(C#N)(C#N)C23C=CC(=C(C#N)C#N)C=C3)cc1. The van der Waals surface area contributed by atoms with Crippen LogP contribution in [0.2, 0.25) is 0 Å². The van der Waals surface area contributed by atoms with Gasteiger partial charge in [-0.15, -0.1) is 0 Å². The topological polar surface area (TPSA) is 98.4 Å². The Morgan fingerprint density at radius 3 is 1.89 bits per heavy atom. The smallest absolute Gasteiger partial charge is 0.178 e. The van der Waals surface area contributed by atoms with Crippen LogP contribution in [-0.2, 0) is 0 Å². The van der Waals surface area contributed by atoms with Crippen LogP contribution < -0.4 is 4.90 Å². The van der Waals surface area contributed by atoms with Crippen LogP contribution in [0.1, 0.15) is 5.56 Å². The summed E-state index contributed by atoms with van der Waals surface area (Å²) in [5.41, 5.74) is 1.08. The molecule has 128 valence electrons. The molecule has 2 aliphatic rings. The van der Waals surface area contributed by atoms with E-state index in [2.05, 4.69) is 12.1 Å². The first kappa shape index (κ1) is 17.8.